The molecule has 1 saturated carbocycles. The van der Waals surface area contributed by atoms with E-state index in [1.807, 2.05) is 0 Å². The van der Waals surface area contributed by atoms with Gasteiger partial charge in [0.05, 0.1) is 0 Å². The third-order valence-corrected chi connectivity index (χ3v) is 4.01. The fraction of sp³-hybridized carbons (Fsp3) is 0.571. The first kappa shape index (κ1) is 13.6. The first-order valence-electron chi connectivity index (χ1n) is 6.40. The van der Waals surface area contributed by atoms with E-state index in [4.69, 9.17) is 11.6 Å². The highest BCUT2D eigenvalue weighted by atomic mass is 35.5. The van der Waals surface area contributed by atoms with Gasteiger partial charge in [0.15, 0.2) is 0 Å². The summed E-state index contributed by atoms with van der Waals surface area (Å²) < 4.78 is 27.9. The van der Waals surface area contributed by atoms with Crippen molar-refractivity contribution in [2.45, 2.75) is 44.0 Å². The van der Waals surface area contributed by atoms with Crippen LogP contribution in [0, 0.1) is 11.6 Å². The molecule has 0 amide bonds. The Morgan fingerprint density at radius 1 is 1.17 bits per heavy atom. The molecule has 0 radical (unpaired) electrons. The SMILES string of the molecule is CN(c1c(F)cc(CCl)cc1F)C1CCCCC1. The molecular formula is C14H18ClF2N. The largest absolute Gasteiger partial charge is 0.367 e. The van der Waals surface area contributed by atoms with E-state index in [-0.39, 0.29) is 17.6 Å². The van der Waals surface area contributed by atoms with Crippen molar-refractivity contribution in [2.75, 3.05) is 11.9 Å². The van der Waals surface area contributed by atoms with Crippen molar-refractivity contribution in [1.82, 2.24) is 0 Å². The van der Waals surface area contributed by atoms with Gasteiger partial charge < -0.3 is 4.90 Å². The number of anilines is 1. The minimum Gasteiger partial charge on any atom is -0.367 e. The number of halogens is 3. The minimum atomic E-state index is -0.515. The summed E-state index contributed by atoms with van der Waals surface area (Å²) in [7, 11) is 1.78. The first-order valence-corrected chi connectivity index (χ1v) is 6.93. The summed E-state index contributed by atoms with van der Waals surface area (Å²) in [6.07, 6.45) is 5.51. The Kier molecular flexibility index (Phi) is 4.44. The Labute approximate surface area is 112 Å². The number of alkyl halides is 1. The van der Waals surface area contributed by atoms with E-state index >= 15 is 0 Å². The molecular weight excluding hydrogens is 256 g/mol. The van der Waals surface area contributed by atoms with Crippen LogP contribution in [0.5, 0.6) is 0 Å². The van der Waals surface area contributed by atoms with Crippen molar-refractivity contribution in [3.05, 3.63) is 29.3 Å². The summed E-state index contributed by atoms with van der Waals surface area (Å²) in [6, 6.07) is 2.89. The Morgan fingerprint density at radius 3 is 2.22 bits per heavy atom. The molecule has 0 atom stereocenters. The van der Waals surface area contributed by atoms with E-state index in [2.05, 4.69) is 0 Å². The van der Waals surface area contributed by atoms with Crippen molar-refractivity contribution >= 4 is 17.3 Å². The number of benzene rings is 1. The lowest BCUT2D eigenvalue weighted by atomic mass is 9.94. The average Bonchev–Trinajstić information content (AvgIpc) is 2.38. The van der Waals surface area contributed by atoms with Gasteiger partial charge in [-0.3, -0.25) is 0 Å². The zero-order valence-electron chi connectivity index (χ0n) is 10.6. The van der Waals surface area contributed by atoms with Gasteiger partial charge in [0.25, 0.3) is 0 Å². The van der Waals surface area contributed by atoms with Gasteiger partial charge in [-0.2, -0.15) is 0 Å². The number of rotatable bonds is 3. The Morgan fingerprint density at radius 2 is 1.72 bits per heavy atom. The van der Waals surface area contributed by atoms with Crippen molar-refractivity contribution < 1.29 is 8.78 Å². The van der Waals surface area contributed by atoms with Gasteiger partial charge in [-0.25, -0.2) is 8.78 Å². The van der Waals surface area contributed by atoms with Crippen LogP contribution in [-0.2, 0) is 5.88 Å². The zero-order chi connectivity index (χ0) is 13.1. The molecule has 0 aliphatic heterocycles. The molecule has 1 fully saturated rings. The normalized spacial score (nSPS) is 16.9. The summed E-state index contributed by atoms with van der Waals surface area (Å²) in [5.74, 6) is -0.904. The van der Waals surface area contributed by atoms with Crippen LogP contribution in [0.3, 0.4) is 0 Å². The summed E-state index contributed by atoms with van der Waals surface area (Å²) in [5.41, 5.74) is 0.559. The molecule has 1 nitrogen and oxygen atoms in total. The zero-order valence-corrected chi connectivity index (χ0v) is 11.3. The highest BCUT2D eigenvalue weighted by Gasteiger charge is 2.23. The molecule has 0 aromatic heterocycles. The molecule has 0 heterocycles. The van der Waals surface area contributed by atoms with Crippen molar-refractivity contribution in [3.63, 3.8) is 0 Å². The molecule has 2 rings (SSSR count). The quantitative estimate of drug-likeness (QED) is 0.735. The lowest BCUT2D eigenvalue weighted by molar-refractivity contribution is 0.420. The molecule has 1 aliphatic rings. The fourth-order valence-electron chi connectivity index (χ4n) is 2.68. The van der Waals surface area contributed by atoms with E-state index in [1.54, 1.807) is 11.9 Å². The van der Waals surface area contributed by atoms with Crippen LogP contribution in [0.2, 0.25) is 0 Å². The molecule has 0 unspecified atom stereocenters. The smallest absolute Gasteiger partial charge is 0.149 e. The van der Waals surface area contributed by atoms with E-state index in [9.17, 15) is 8.78 Å². The van der Waals surface area contributed by atoms with Crippen molar-refractivity contribution in [2.24, 2.45) is 0 Å². The number of hydrogen-bond donors (Lipinski definition) is 0. The predicted octanol–water partition coefficient (Wildman–Crippen LogP) is 4.47. The topological polar surface area (TPSA) is 3.24 Å². The first-order chi connectivity index (χ1) is 8.63. The van der Waals surface area contributed by atoms with E-state index in [0.717, 1.165) is 25.7 Å². The van der Waals surface area contributed by atoms with Crippen LogP contribution >= 0.6 is 11.6 Å². The summed E-state index contributed by atoms with van der Waals surface area (Å²) in [6.45, 7) is 0. The second-order valence-corrected chi connectivity index (χ2v) is 5.21. The molecule has 18 heavy (non-hydrogen) atoms. The van der Waals surface area contributed by atoms with Crippen molar-refractivity contribution in [1.29, 1.82) is 0 Å². The van der Waals surface area contributed by atoms with Gasteiger partial charge in [-0.15, -0.1) is 11.6 Å². The molecule has 0 spiro atoms. The summed E-state index contributed by atoms with van der Waals surface area (Å²) >= 11 is 5.60. The van der Waals surface area contributed by atoms with Crippen LogP contribution in [0.15, 0.2) is 12.1 Å². The van der Waals surface area contributed by atoms with E-state index in [1.165, 1.54) is 18.6 Å². The molecule has 1 aromatic carbocycles. The average molecular weight is 274 g/mol. The highest BCUT2D eigenvalue weighted by molar-refractivity contribution is 6.17. The monoisotopic (exact) mass is 273 g/mol. The van der Waals surface area contributed by atoms with Gasteiger partial charge in [0.2, 0.25) is 0 Å². The molecule has 1 aromatic rings. The lowest BCUT2D eigenvalue weighted by Crippen LogP contribution is -2.34. The maximum Gasteiger partial charge on any atom is 0.149 e. The highest BCUT2D eigenvalue weighted by Crippen LogP contribution is 2.30. The van der Waals surface area contributed by atoms with E-state index < -0.39 is 11.6 Å². The third kappa shape index (κ3) is 2.77. The van der Waals surface area contributed by atoms with Gasteiger partial charge in [0, 0.05) is 19.0 Å². The molecule has 0 N–H and O–H groups in total. The van der Waals surface area contributed by atoms with Crippen LogP contribution in [0.25, 0.3) is 0 Å². The number of hydrogen-bond acceptors (Lipinski definition) is 1. The third-order valence-electron chi connectivity index (χ3n) is 3.71. The summed E-state index contributed by atoms with van der Waals surface area (Å²) in [4.78, 5) is 1.75. The Balaban J connectivity index is 2.26. The van der Waals surface area contributed by atoms with Gasteiger partial charge in [0.1, 0.15) is 17.3 Å². The molecule has 1 aliphatic carbocycles. The van der Waals surface area contributed by atoms with Crippen LogP contribution in [0.1, 0.15) is 37.7 Å². The molecule has 4 heteroatoms. The Hall–Kier alpha value is -0.830. The van der Waals surface area contributed by atoms with Gasteiger partial charge >= 0.3 is 0 Å². The lowest BCUT2D eigenvalue weighted by Gasteiger charge is -2.33. The molecule has 0 bridgehead atoms. The van der Waals surface area contributed by atoms with Crippen molar-refractivity contribution in [3.8, 4) is 0 Å². The fourth-order valence-corrected chi connectivity index (χ4v) is 2.84. The van der Waals surface area contributed by atoms with E-state index in [0.29, 0.717) is 5.56 Å². The Bertz CT molecular complexity index is 393. The van der Waals surface area contributed by atoms with Crippen LogP contribution < -0.4 is 4.90 Å². The minimum absolute atomic E-state index is 0.0794. The maximum atomic E-state index is 14.0. The standard InChI is InChI=1S/C14H18ClF2N/c1-18(11-5-3-2-4-6-11)14-12(16)7-10(9-15)8-13(14)17/h7-8,11H,2-6,9H2,1H3. The number of nitrogens with zero attached hydrogens (tertiary/aromatic N) is 1. The molecule has 0 saturated heterocycles. The van der Waals surface area contributed by atoms with Crippen LogP contribution in [0.4, 0.5) is 14.5 Å². The second-order valence-electron chi connectivity index (χ2n) is 4.94. The van der Waals surface area contributed by atoms with Gasteiger partial charge in [-0.1, -0.05) is 19.3 Å². The summed E-state index contributed by atoms with van der Waals surface area (Å²) in [5, 5.41) is 0. The van der Waals surface area contributed by atoms with Gasteiger partial charge in [-0.05, 0) is 30.5 Å². The predicted molar refractivity (Wildman–Crippen MR) is 71.2 cm³/mol. The van der Waals surface area contributed by atoms with Crippen LogP contribution in [-0.4, -0.2) is 13.1 Å². The maximum absolute atomic E-state index is 14.0. The molecule has 100 valence electrons. The second kappa shape index (κ2) is 5.87.